The van der Waals surface area contributed by atoms with Gasteiger partial charge in [0.25, 0.3) is 0 Å². The zero-order valence-electron chi connectivity index (χ0n) is 12.1. The molecule has 1 aromatic carbocycles. The number of methoxy groups -OCH3 is 1. The van der Waals surface area contributed by atoms with E-state index in [-0.39, 0.29) is 0 Å². The van der Waals surface area contributed by atoms with Crippen LogP contribution in [0.5, 0.6) is 5.75 Å². The van der Waals surface area contributed by atoms with E-state index in [0.717, 1.165) is 12.3 Å². The van der Waals surface area contributed by atoms with E-state index in [1.54, 1.807) is 7.11 Å². The third-order valence-corrected chi connectivity index (χ3v) is 5.00. The molecular formula is C17H21NOS. The van der Waals surface area contributed by atoms with Crippen molar-refractivity contribution in [2.45, 2.75) is 32.4 Å². The molecule has 1 fully saturated rings. The lowest BCUT2D eigenvalue weighted by Gasteiger charge is -2.25. The zero-order valence-corrected chi connectivity index (χ0v) is 13.0. The molecule has 0 spiro atoms. The van der Waals surface area contributed by atoms with Crippen molar-refractivity contribution in [1.82, 2.24) is 4.90 Å². The number of aryl methyl sites for hydroxylation is 1. The Morgan fingerprint density at radius 1 is 1.25 bits per heavy atom. The first-order valence-electron chi connectivity index (χ1n) is 7.20. The highest BCUT2D eigenvalue weighted by atomic mass is 32.1. The van der Waals surface area contributed by atoms with E-state index in [1.165, 1.54) is 34.7 Å². The van der Waals surface area contributed by atoms with Crippen LogP contribution in [0.25, 0.3) is 0 Å². The molecule has 1 aromatic heterocycles. The second-order valence-electron chi connectivity index (χ2n) is 5.38. The molecule has 0 amide bonds. The highest BCUT2D eigenvalue weighted by Gasteiger charge is 2.28. The van der Waals surface area contributed by atoms with E-state index in [9.17, 15) is 0 Å². The number of thiophene rings is 1. The van der Waals surface area contributed by atoms with Crippen LogP contribution in [0, 0.1) is 6.92 Å². The Labute approximate surface area is 125 Å². The van der Waals surface area contributed by atoms with Crippen molar-refractivity contribution in [1.29, 1.82) is 0 Å². The fraction of sp³-hybridized carbons (Fsp3) is 0.412. The van der Waals surface area contributed by atoms with Gasteiger partial charge in [-0.1, -0.05) is 18.2 Å². The SMILES string of the molecule is COc1ccccc1C1CCCN1Cc1ccc(C)s1. The van der Waals surface area contributed by atoms with E-state index in [4.69, 9.17) is 4.74 Å². The molecule has 106 valence electrons. The minimum atomic E-state index is 0.494. The van der Waals surface area contributed by atoms with Crippen LogP contribution >= 0.6 is 11.3 Å². The second-order valence-corrected chi connectivity index (χ2v) is 6.76. The van der Waals surface area contributed by atoms with E-state index in [2.05, 4.69) is 42.2 Å². The summed E-state index contributed by atoms with van der Waals surface area (Å²) in [6, 6.07) is 13.4. The quantitative estimate of drug-likeness (QED) is 0.826. The summed E-state index contributed by atoms with van der Waals surface area (Å²) in [7, 11) is 1.76. The highest BCUT2D eigenvalue weighted by molar-refractivity contribution is 7.11. The van der Waals surface area contributed by atoms with Gasteiger partial charge in [0.1, 0.15) is 5.75 Å². The van der Waals surface area contributed by atoms with Crippen LogP contribution in [0.4, 0.5) is 0 Å². The number of hydrogen-bond acceptors (Lipinski definition) is 3. The summed E-state index contributed by atoms with van der Waals surface area (Å²) in [4.78, 5) is 5.45. The van der Waals surface area contributed by atoms with Gasteiger partial charge in [-0.15, -0.1) is 11.3 Å². The van der Waals surface area contributed by atoms with E-state index >= 15 is 0 Å². The molecule has 0 saturated carbocycles. The van der Waals surface area contributed by atoms with Crippen LogP contribution in [0.1, 0.15) is 34.2 Å². The molecule has 1 saturated heterocycles. The lowest BCUT2D eigenvalue weighted by Crippen LogP contribution is -2.22. The van der Waals surface area contributed by atoms with Gasteiger partial charge >= 0.3 is 0 Å². The van der Waals surface area contributed by atoms with Crippen molar-refractivity contribution in [2.75, 3.05) is 13.7 Å². The molecule has 2 nitrogen and oxygen atoms in total. The standard InChI is InChI=1S/C17H21NOS/c1-13-9-10-14(20-13)12-18-11-5-7-16(18)15-6-3-4-8-17(15)19-2/h3-4,6,8-10,16H,5,7,11-12H2,1-2H3. The molecule has 20 heavy (non-hydrogen) atoms. The molecule has 0 N–H and O–H groups in total. The van der Waals surface area contributed by atoms with Gasteiger partial charge in [0, 0.05) is 27.9 Å². The van der Waals surface area contributed by atoms with Crippen molar-refractivity contribution >= 4 is 11.3 Å². The second kappa shape index (κ2) is 5.98. The molecule has 0 bridgehead atoms. The predicted molar refractivity (Wildman–Crippen MR) is 84.4 cm³/mol. The van der Waals surface area contributed by atoms with Gasteiger partial charge in [-0.05, 0) is 44.5 Å². The summed E-state index contributed by atoms with van der Waals surface area (Å²) >= 11 is 1.91. The molecule has 3 heteroatoms. The van der Waals surface area contributed by atoms with Crippen LogP contribution < -0.4 is 4.74 Å². The monoisotopic (exact) mass is 287 g/mol. The van der Waals surface area contributed by atoms with Crippen molar-refractivity contribution in [2.24, 2.45) is 0 Å². The van der Waals surface area contributed by atoms with Gasteiger partial charge in [-0.25, -0.2) is 0 Å². The van der Waals surface area contributed by atoms with Gasteiger partial charge < -0.3 is 4.74 Å². The summed E-state index contributed by atoms with van der Waals surface area (Å²) in [5, 5.41) is 0. The normalized spacial score (nSPS) is 19.4. The zero-order chi connectivity index (χ0) is 13.9. The minimum Gasteiger partial charge on any atom is -0.496 e. The van der Waals surface area contributed by atoms with Crippen molar-refractivity contribution in [3.05, 3.63) is 51.7 Å². The minimum absolute atomic E-state index is 0.494. The molecule has 0 aliphatic carbocycles. The summed E-state index contributed by atoms with van der Waals surface area (Å²) in [6.45, 7) is 4.41. The maximum atomic E-state index is 5.54. The largest absolute Gasteiger partial charge is 0.496 e. The fourth-order valence-electron chi connectivity index (χ4n) is 3.08. The summed E-state index contributed by atoms with van der Waals surface area (Å²) in [5.41, 5.74) is 1.33. The Morgan fingerprint density at radius 3 is 2.85 bits per heavy atom. The molecule has 1 aliphatic rings. The number of nitrogens with zero attached hydrogens (tertiary/aromatic N) is 1. The Morgan fingerprint density at radius 2 is 2.10 bits per heavy atom. The fourth-order valence-corrected chi connectivity index (χ4v) is 4.00. The van der Waals surface area contributed by atoms with Crippen LogP contribution in [0.3, 0.4) is 0 Å². The maximum absolute atomic E-state index is 5.54. The first-order valence-corrected chi connectivity index (χ1v) is 8.02. The molecule has 1 atom stereocenters. The van der Waals surface area contributed by atoms with Crippen molar-refractivity contribution < 1.29 is 4.74 Å². The lowest BCUT2D eigenvalue weighted by atomic mass is 10.0. The first-order chi connectivity index (χ1) is 9.78. The first kappa shape index (κ1) is 13.7. The Balaban J connectivity index is 1.81. The number of rotatable bonds is 4. The molecule has 2 heterocycles. The van der Waals surface area contributed by atoms with Crippen molar-refractivity contribution in [3.63, 3.8) is 0 Å². The number of ether oxygens (including phenoxy) is 1. The van der Waals surface area contributed by atoms with Gasteiger partial charge in [-0.2, -0.15) is 0 Å². The predicted octanol–water partition coefficient (Wildman–Crippen LogP) is 4.40. The average molecular weight is 287 g/mol. The van der Waals surface area contributed by atoms with Gasteiger partial charge in [0.15, 0.2) is 0 Å². The number of hydrogen-bond donors (Lipinski definition) is 0. The van der Waals surface area contributed by atoms with Crippen LogP contribution in [-0.4, -0.2) is 18.6 Å². The van der Waals surface area contributed by atoms with E-state index in [0.29, 0.717) is 6.04 Å². The molecular weight excluding hydrogens is 266 g/mol. The smallest absolute Gasteiger partial charge is 0.123 e. The highest BCUT2D eigenvalue weighted by Crippen LogP contribution is 2.38. The average Bonchev–Trinajstić information content (AvgIpc) is 3.08. The third kappa shape index (κ3) is 2.74. The lowest BCUT2D eigenvalue weighted by molar-refractivity contribution is 0.245. The Hall–Kier alpha value is -1.32. The van der Waals surface area contributed by atoms with Crippen molar-refractivity contribution in [3.8, 4) is 5.75 Å². The van der Waals surface area contributed by atoms with Crippen LogP contribution in [0.2, 0.25) is 0 Å². The maximum Gasteiger partial charge on any atom is 0.123 e. The number of para-hydroxylation sites is 1. The van der Waals surface area contributed by atoms with E-state index in [1.807, 2.05) is 17.4 Å². The summed E-state index contributed by atoms with van der Waals surface area (Å²) in [6.07, 6.45) is 2.50. The van der Waals surface area contributed by atoms with Crippen LogP contribution in [-0.2, 0) is 6.54 Å². The van der Waals surface area contributed by atoms with Gasteiger partial charge in [0.2, 0.25) is 0 Å². The molecule has 0 radical (unpaired) electrons. The molecule has 3 rings (SSSR count). The molecule has 1 unspecified atom stereocenters. The Bertz CT molecular complexity index is 578. The van der Waals surface area contributed by atoms with Crippen LogP contribution in [0.15, 0.2) is 36.4 Å². The van der Waals surface area contributed by atoms with Gasteiger partial charge in [0.05, 0.1) is 7.11 Å². The topological polar surface area (TPSA) is 12.5 Å². The summed E-state index contributed by atoms with van der Waals surface area (Å²) in [5.74, 6) is 1.02. The number of benzene rings is 1. The van der Waals surface area contributed by atoms with E-state index < -0.39 is 0 Å². The van der Waals surface area contributed by atoms with Gasteiger partial charge in [-0.3, -0.25) is 4.90 Å². The molecule has 2 aromatic rings. The summed E-state index contributed by atoms with van der Waals surface area (Å²) < 4.78 is 5.54. The Kier molecular flexibility index (Phi) is 4.08. The molecule has 1 aliphatic heterocycles. The number of likely N-dealkylation sites (tertiary alicyclic amines) is 1. The third-order valence-electron chi connectivity index (χ3n) is 4.02.